The van der Waals surface area contributed by atoms with Crippen molar-refractivity contribution in [1.82, 2.24) is 15.3 Å². The zero-order chi connectivity index (χ0) is 14.3. The molecule has 0 aromatic carbocycles. The summed E-state index contributed by atoms with van der Waals surface area (Å²) in [5, 5.41) is 7.92. The van der Waals surface area contributed by atoms with E-state index in [0.717, 1.165) is 12.1 Å². The number of fused-ring (bicyclic) bond motifs is 1. The lowest BCUT2D eigenvalue weighted by atomic mass is 9.98. The van der Waals surface area contributed by atoms with E-state index in [0.29, 0.717) is 0 Å². The number of thiazole rings is 2. The summed E-state index contributed by atoms with van der Waals surface area (Å²) in [6.07, 6.45) is 3.61. The molecule has 0 saturated heterocycles. The van der Waals surface area contributed by atoms with Crippen molar-refractivity contribution < 1.29 is 0 Å². The molecule has 0 aliphatic heterocycles. The van der Waals surface area contributed by atoms with E-state index < -0.39 is 0 Å². The van der Waals surface area contributed by atoms with Crippen molar-refractivity contribution in [2.24, 2.45) is 0 Å². The van der Waals surface area contributed by atoms with Crippen molar-refractivity contribution in [3.05, 3.63) is 31.7 Å². The third kappa shape index (κ3) is 2.54. The number of hydrogen-bond acceptors (Lipinski definition) is 5. The molecule has 1 aliphatic rings. The third-order valence-corrected chi connectivity index (χ3v) is 6.12. The minimum absolute atomic E-state index is 0.117. The fourth-order valence-corrected chi connectivity index (χ4v) is 4.70. The molecule has 0 spiro atoms. The van der Waals surface area contributed by atoms with Gasteiger partial charge in [0.1, 0.15) is 11.0 Å². The Morgan fingerprint density at radius 2 is 2.05 bits per heavy atom. The van der Waals surface area contributed by atoms with Gasteiger partial charge in [-0.05, 0) is 26.3 Å². The Labute approximate surface area is 128 Å². The highest BCUT2D eigenvalue weighted by Crippen LogP contribution is 2.34. The van der Waals surface area contributed by atoms with Crippen LogP contribution in [0.4, 0.5) is 0 Å². The first-order valence-electron chi connectivity index (χ1n) is 7.10. The van der Waals surface area contributed by atoms with E-state index in [2.05, 4.69) is 31.5 Å². The summed E-state index contributed by atoms with van der Waals surface area (Å²) in [6.45, 7) is 6.63. The van der Waals surface area contributed by atoms with Crippen molar-refractivity contribution in [2.75, 3.05) is 7.05 Å². The first kappa shape index (κ1) is 14.2. The lowest BCUT2D eigenvalue weighted by Gasteiger charge is -2.15. The van der Waals surface area contributed by atoms with Crippen LogP contribution in [0.2, 0.25) is 0 Å². The molecule has 2 heterocycles. The minimum atomic E-state index is 0.117. The molecular weight excluding hydrogens is 286 g/mol. The van der Waals surface area contributed by atoms with Crippen molar-refractivity contribution in [1.29, 1.82) is 0 Å². The second-order valence-electron chi connectivity index (χ2n) is 6.32. The summed E-state index contributed by atoms with van der Waals surface area (Å²) in [5.41, 5.74) is 2.54. The molecule has 5 heteroatoms. The normalized spacial score (nSPS) is 16.4. The summed E-state index contributed by atoms with van der Waals surface area (Å²) in [5.74, 6) is 0. The van der Waals surface area contributed by atoms with Gasteiger partial charge >= 0.3 is 0 Å². The molecule has 1 aliphatic carbocycles. The fraction of sp³-hybridized carbons (Fsp3) is 0.600. The number of hydrogen-bond donors (Lipinski definition) is 1. The van der Waals surface area contributed by atoms with Gasteiger partial charge < -0.3 is 5.32 Å². The topological polar surface area (TPSA) is 37.8 Å². The van der Waals surface area contributed by atoms with Gasteiger partial charge in [0, 0.05) is 15.7 Å². The van der Waals surface area contributed by atoms with E-state index in [1.807, 2.05) is 18.4 Å². The lowest BCUT2D eigenvalue weighted by Crippen LogP contribution is -2.19. The van der Waals surface area contributed by atoms with E-state index in [-0.39, 0.29) is 11.5 Å². The minimum Gasteiger partial charge on any atom is -0.306 e. The molecule has 108 valence electrons. The Hall–Kier alpha value is -0.780. The van der Waals surface area contributed by atoms with Crippen LogP contribution in [0.1, 0.15) is 59.5 Å². The lowest BCUT2D eigenvalue weighted by molar-refractivity contribution is 0.576. The summed E-state index contributed by atoms with van der Waals surface area (Å²) in [4.78, 5) is 11.1. The first-order chi connectivity index (χ1) is 9.49. The molecule has 2 aromatic heterocycles. The molecule has 3 nitrogen and oxygen atoms in total. The number of aryl methyl sites for hydroxylation is 2. The van der Waals surface area contributed by atoms with Gasteiger partial charge in [0.25, 0.3) is 0 Å². The molecule has 0 saturated carbocycles. The van der Waals surface area contributed by atoms with Crippen LogP contribution in [0.5, 0.6) is 0 Å². The highest BCUT2D eigenvalue weighted by atomic mass is 32.1. The Balaban J connectivity index is 1.91. The quantitative estimate of drug-likeness (QED) is 0.939. The SMILES string of the molecule is CNC(c1csc(C(C)(C)C)n1)c1nc2c(s1)CCC2. The molecule has 0 fully saturated rings. The maximum absolute atomic E-state index is 4.83. The van der Waals surface area contributed by atoms with E-state index >= 15 is 0 Å². The highest BCUT2D eigenvalue weighted by Gasteiger charge is 2.25. The summed E-state index contributed by atoms with van der Waals surface area (Å²) in [6, 6.07) is 0.137. The Bertz CT molecular complexity index is 585. The molecule has 0 radical (unpaired) electrons. The van der Waals surface area contributed by atoms with E-state index in [1.54, 1.807) is 11.3 Å². The first-order valence-corrected chi connectivity index (χ1v) is 8.80. The zero-order valence-electron chi connectivity index (χ0n) is 12.5. The summed E-state index contributed by atoms with van der Waals surface area (Å²) in [7, 11) is 1.99. The predicted molar refractivity (Wildman–Crippen MR) is 85.9 cm³/mol. The summed E-state index contributed by atoms with van der Waals surface area (Å²) < 4.78 is 0. The maximum atomic E-state index is 4.83. The molecule has 1 N–H and O–H groups in total. The van der Waals surface area contributed by atoms with Crippen LogP contribution in [0, 0.1) is 0 Å². The van der Waals surface area contributed by atoms with Crippen LogP contribution in [-0.2, 0) is 18.3 Å². The second kappa shape index (κ2) is 5.20. The van der Waals surface area contributed by atoms with Crippen molar-refractivity contribution in [3.63, 3.8) is 0 Å². The van der Waals surface area contributed by atoms with Gasteiger partial charge in [-0.15, -0.1) is 22.7 Å². The molecule has 0 bridgehead atoms. The van der Waals surface area contributed by atoms with Gasteiger partial charge in [-0.3, -0.25) is 0 Å². The van der Waals surface area contributed by atoms with Crippen LogP contribution in [-0.4, -0.2) is 17.0 Å². The fourth-order valence-electron chi connectivity index (χ4n) is 2.49. The van der Waals surface area contributed by atoms with Crippen LogP contribution in [0.25, 0.3) is 0 Å². The molecule has 3 rings (SSSR count). The average molecular weight is 307 g/mol. The number of aromatic nitrogens is 2. The van der Waals surface area contributed by atoms with Crippen LogP contribution >= 0.6 is 22.7 Å². The number of nitrogens with zero attached hydrogens (tertiary/aromatic N) is 2. The predicted octanol–water partition coefficient (Wildman–Crippen LogP) is 3.69. The average Bonchev–Trinajstić information content (AvgIpc) is 3.01. The Morgan fingerprint density at radius 3 is 2.65 bits per heavy atom. The molecule has 20 heavy (non-hydrogen) atoms. The van der Waals surface area contributed by atoms with Crippen LogP contribution in [0.3, 0.4) is 0 Å². The Kier molecular flexibility index (Phi) is 3.69. The molecule has 2 aromatic rings. The van der Waals surface area contributed by atoms with Gasteiger partial charge in [-0.25, -0.2) is 9.97 Å². The van der Waals surface area contributed by atoms with Crippen LogP contribution < -0.4 is 5.32 Å². The Morgan fingerprint density at radius 1 is 1.25 bits per heavy atom. The van der Waals surface area contributed by atoms with Gasteiger partial charge in [0.15, 0.2) is 0 Å². The third-order valence-electron chi connectivity index (χ3n) is 3.61. The smallest absolute Gasteiger partial charge is 0.116 e. The van der Waals surface area contributed by atoms with E-state index in [9.17, 15) is 0 Å². The molecular formula is C15H21N3S2. The summed E-state index contributed by atoms with van der Waals surface area (Å²) >= 11 is 3.61. The van der Waals surface area contributed by atoms with E-state index in [4.69, 9.17) is 9.97 Å². The number of nitrogens with one attached hydrogen (secondary N) is 1. The zero-order valence-corrected chi connectivity index (χ0v) is 14.1. The molecule has 0 amide bonds. The second-order valence-corrected chi connectivity index (χ2v) is 8.30. The highest BCUT2D eigenvalue weighted by molar-refractivity contribution is 7.12. The molecule has 1 atom stereocenters. The molecule has 1 unspecified atom stereocenters. The van der Waals surface area contributed by atoms with Crippen molar-refractivity contribution >= 4 is 22.7 Å². The maximum Gasteiger partial charge on any atom is 0.116 e. The van der Waals surface area contributed by atoms with Gasteiger partial charge in [-0.2, -0.15) is 0 Å². The number of rotatable bonds is 3. The monoisotopic (exact) mass is 307 g/mol. The standard InChI is InChI=1S/C15H21N3S2/c1-15(2,3)14-18-10(8-19-14)12(16-4)13-17-9-6-5-7-11(9)20-13/h8,12,16H,5-7H2,1-4H3. The van der Waals surface area contributed by atoms with Gasteiger partial charge in [0.2, 0.25) is 0 Å². The largest absolute Gasteiger partial charge is 0.306 e. The van der Waals surface area contributed by atoms with Gasteiger partial charge in [-0.1, -0.05) is 20.8 Å². The van der Waals surface area contributed by atoms with Crippen molar-refractivity contribution in [3.8, 4) is 0 Å². The van der Waals surface area contributed by atoms with E-state index in [1.165, 1.54) is 33.4 Å². The van der Waals surface area contributed by atoms with Crippen molar-refractivity contribution in [2.45, 2.75) is 51.5 Å². The van der Waals surface area contributed by atoms with Gasteiger partial charge in [0.05, 0.1) is 16.4 Å². The van der Waals surface area contributed by atoms with Crippen LogP contribution in [0.15, 0.2) is 5.38 Å².